The second-order valence-electron chi connectivity index (χ2n) is 9.96. The van der Waals surface area contributed by atoms with Crippen LogP contribution in [0.2, 0.25) is 0 Å². The Bertz CT molecular complexity index is 1630. The third kappa shape index (κ3) is 5.03. The molecule has 0 atom stereocenters. The summed E-state index contributed by atoms with van der Waals surface area (Å²) in [4.78, 5) is 40.9. The fourth-order valence-electron chi connectivity index (χ4n) is 4.93. The van der Waals surface area contributed by atoms with Crippen molar-refractivity contribution >= 4 is 39.9 Å². The molecule has 0 amide bonds. The molecule has 0 unspecified atom stereocenters. The molecule has 0 bridgehead atoms. The van der Waals surface area contributed by atoms with Crippen molar-refractivity contribution in [2.75, 3.05) is 50.0 Å². The lowest BCUT2D eigenvalue weighted by Gasteiger charge is -2.34. The number of amidine groups is 1. The maximum Gasteiger partial charge on any atom is 0.261 e. The van der Waals surface area contributed by atoms with Gasteiger partial charge in [-0.2, -0.15) is 4.98 Å². The Kier molecular flexibility index (Phi) is 6.62. The molecule has 3 aromatic heterocycles. The average molecular weight is 522 g/mol. The highest BCUT2D eigenvalue weighted by molar-refractivity contribution is 6.10. The van der Waals surface area contributed by atoms with Crippen LogP contribution in [0.4, 0.5) is 17.3 Å². The first kappa shape index (κ1) is 24.9. The number of aliphatic imine (C=N–C) groups is 2. The number of aromatic nitrogens is 4. The number of aryl methyl sites for hydroxylation is 1. The number of nitrogens with zero attached hydrogens (tertiary/aromatic N) is 8. The summed E-state index contributed by atoms with van der Waals surface area (Å²) in [6, 6.07) is 13.9. The number of pyridine rings is 2. The molecule has 0 aliphatic carbocycles. The number of nitrogens with one attached hydrogen (secondary N) is 1. The maximum absolute atomic E-state index is 13.5. The lowest BCUT2D eigenvalue weighted by molar-refractivity contribution is 0.313. The number of benzene rings is 1. The molecule has 39 heavy (non-hydrogen) atoms. The smallest absolute Gasteiger partial charge is 0.261 e. The minimum absolute atomic E-state index is 0.140. The molecule has 4 aromatic rings. The minimum atomic E-state index is -0.140. The fraction of sp³-hybridized carbons (Fsp3) is 0.310. The maximum atomic E-state index is 13.5. The Morgan fingerprint density at radius 3 is 2.44 bits per heavy atom. The minimum Gasteiger partial charge on any atom is -0.369 e. The van der Waals surface area contributed by atoms with Gasteiger partial charge in [-0.15, -0.1) is 0 Å². The SMILES string of the molecule is CCn1c(=O)c(-c2ccc(C3=NCC(C)=N3)cn2)cc2cnc(Nc3ccc(N4CCN(C)CC4)cc3)nc21. The summed E-state index contributed by atoms with van der Waals surface area (Å²) in [5, 5.41) is 4.06. The molecular formula is C29H31N9O. The van der Waals surface area contributed by atoms with Crippen LogP contribution in [0.3, 0.4) is 0 Å². The molecule has 198 valence electrons. The predicted octanol–water partition coefficient (Wildman–Crippen LogP) is 3.59. The summed E-state index contributed by atoms with van der Waals surface area (Å²) in [6.45, 7) is 9.16. The zero-order valence-corrected chi connectivity index (χ0v) is 22.4. The van der Waals surface area contributed by atoms with E-state index < -0.39 is 0 Å². The van der Waals surface area contributed by atoms with Gasteiger partial charge < -0.3 is 15.1 Å². The van der Waals surface area contributed by atoms with E-state index in [1.165, 1.54) is 5.69 Å². The molecule has 2 aliphatic heterocycles. The molecule has 6 rings (SSSR count). The molecule has 1 N–H and O–H groups in total. The first-order valence-electron chi connectivity index (χ1n) is 13.2. The largest absolute Gasteiger partial charge is 0.369 e. The van der Waals surface area contributed by atoms with Crippen LogP contribution in [0.25, 0.3) is 22.3 Å². The van der Waals surface area contributed by atoms with Gasteiger partial charge in [-0.05, 0) is 63.4 Å². The fourth-order valence-corrected chi connectivity index (χ4v) is 4.93. The summed E-state index contributed by atoms with van der Waals surface area (Å²) in [6.07, 6.45) is 3.46. The van der Waals surface area contributed by atoms with Crippen LogP contribution in [0.1, 0.15) is 19.4 Å². The van der Waals surface area contributed by atoms with E-state index in [2.05, 4.69) is 54.2 Å². The third-order valence-corrected chi connectivity index (χ3v) is 7.19. The molecule has 0 spiro atoms. The van der Waals surface area contributed by atoms with Crippen molar-refractivity contribution in [3.8, 4) is 11.3 Å². The van der Waals surface area contributed by atoms with Crippen LogP contribution in [0.15, 0.2) is 69.6 Å². The number of likely N-dealkylation sites (N-methyl/N-ethyl adjacent to an activating group) is 1. The van der Waals surface area contributed by atoms with Crippen molar-refractivity contribution in [3.63, 3.8) is 0 Å². The van der Waals surface area contributed by atoms with E-state index in [0.717, 1.165) is 48.5 Å². The Morgan fingerprint density at radius 1 is 0.974 bits per heavy atom. The molecule has 5 heterocycles. The van der Waals surface area contributed by atoms with Gasteiger partial charge in [0.05, 0.1) is 17.8 Å². The first-order chi connectivity index (χ1) is 19.0. The van der Waals surface area contributed by atoms with E-state index in [1.807, 2.05) is 44.2 Å². The van der Waals surface area contributed by atoms with Crippen molar-refractivity contribution in [2.45, 2.75) is 20.4 Å². The summed E-state index contributed by atoms with van der Waals surface area (Å²) >= 11 is 0. The molecule has 1 aromatic carbocycles. The van der Waals surface area contributed by atoms with Crippen LogP contribution in [-0.4, -0.2) is 75.7 Å². The number of hydrogen-bond donors (Lipinski definition) is 1. The molecule has 2 aliphatic rings. The summed E-state index contributed by atoms with van der Waals surface area (Å²) < 4.78 is 1.66. The lowest BCUT2D eigenvalue weighted by Crippen LogP contribution is -2.44. The Balaban J connectivity index is 1.25. The van der Waals surface area contributed by atoms with E-state index in [0.29, 0.717) is 41.8 Å². The quantitative estimate of drug-likeness (QED) is 0.414. The van der Waals surface area contributed by atoms with Crippen molar-refractivity contribution in [1.29, 1.82) is 0 Å². The first-order valence-corrected chi connectivity index (χ1v) is 13.2. The van der Waals surface area contributed by atoms with Crippen LogP contribution in [-0.2, 0) is 6.54 Å². The number of rotatable bonds is 6. The molecule has 10 heteroatoms. The van der Waals surface area contributed by atoms with E-state index in [-0.39, 0.29) is 5.56 Å². The van der Waals surface area contributed by atoms with E-state index in [1.54, 1.807) is 17.0 Å². The second-order valence-corrected chi connectivity index (χ2v) is 9.96. The molecular weight excluding hydrogens is 490 g/mol. The van der Waals surface area contributed by atoms with Crippen LogP contribution >= 0.6 is 0 Å². The van der Waals surface area contributed by atoms with Crippen molar-refractivity contribution in [3.05, 3.63) is 70.8 Å². The zero-order valence-electron chi connectivity index (χ0n) is 22.4. The van der Waals surface area contributed by atoms with Gasteiger partial charge in [0, 0.05) is 73.2 Å². The van der Waals surface area contributed by atoms with Crippen LogP contribution in [0, 0.1) is 0 Å². The molecule has 1 fully saturated rings. The highest BCUT2D eigenvalue weighted by Gasteiger charge is 2.16. The van der Waals surface area contributed by atoms with Crippen molar-refractivity contribution in [1.82, 2.24) is 24.4 Å². The van der Waals surface area contributed by atoms with E-state index >= 15 is 0 Å². The number of piperazine rings is 1. The lowest BCUT2D eigenvalue weighted by atomic mass is 10.1. The Morgan fingerprint density at radius 2 is 1.77 bits per heavy atom. The normalized spacial score (nSPS) is 15.9. The second kappa shape index (κ2) is 10.4. The number of fused-ring (bicyclic) bond motifs is 1. The monoisotopic (exact) mass is 521 g/mol. The van der Waals surface area contributed by atoms with Gasteiger partial charge in [-0.3, -0.25) is 19.3 Å². The van der Waals surface area contributed by atoms with E-state index in [4.69, 9.17) is 4.98 Å². The highest BCUT2D eigenvalue weighted by atomic mass is 16.1. The zero-order chi connectivity index (χ0) is 26.9. The number of hydrogen-bond acceptors (Lipinski definition) is 9. The molecule has 0 saturated carbocycles. The summed E-state index contributed by atoms with van der Waals surface area (Å²) in [5.41, 5.74) is 5.46. The topological polar surface area (TPSA) is 104 Å². The molecule has 0 radical (unpaired) electrons. The van der Waals surface area contributed by atoms with E-state index in [9.17, 15) is 4.79 Å². The van der Waals surface area contributed by atoms with Gasteiger partial charge in [-0.1, -0.05) is 0 Å². The van der Waals surface area contributed by atoms with Crippen molar-refractivity contribution < 1.29 is 0 Å². The van der Waals surface area contributed by atoms with Crippen molar-refractivity contribution in [2.24, 2.45) is 9.98 Å². The van der Waals surface area contributed by atoms with Gasteiger partial charge in [0.15, 0.2) is 5.84 Å². The Labute approximate surface area is 226 Å². The summed E-state index contributed by atoms with van der Waals surface area (Å²) in [7, 11) is 2.16. The van der Waals surface area contributed by atoms with Gasteiger partial charge in [0.2, 0.25) is 5.95 Å². The van der Waals surface area contributed by atoms with Crippen LogP contribution < -0.4 is 15.8 Å². The van der Waals surface area contributed by atoms with Gasteiger partial charge >= 0.3 is 0 Å². The predicted molar refractivity (Wildman–Crippen MR) is 157 cm³/mol. The standard InChI is InChI=1S/C29H31N9O/c1-4-38-27-21(15-24(28(38)39)25-10-5-20(17-30-25)26-31-16-19(2)33-26)18-32-29(35-27)34-22-6-8-23(9-7-22)37-13-11-36(3)12-14-37/h5-10,15,17-18H,4,11-14,16H2,1-3H3,(H,32,34,35). The number of anilines is 3. The van der Waals surface area contributed by atoms with Crippen LogP contribution in [0.5, 0.6) is 0 Å². The highest BCUT2D eigenvalue weighted by Crippen LogP contribution is 2.23. The molecule has 10 nitrogen and oxygen atoms in total. The average Bonchev–Trinajstić information content (AvgIpc) is 3.40. The van der Waals surface area contributed by atoms with Gasteiger partial charge in [0.1, 0.15) is 5.65 Å². The Hall–Kier alpha value is -4.44. The van der Waals surface area contributed by atoms with Gasteiger partial charge in [-0.25, -0.2) is 9.98 Å². The third-order valence-electron chi connectivity index (χ3n) is 7.19. The van der Waals surface area contributed by atoms with Gasteiger partial charge in [0.25, 0.3) is 5.56 Å². The summed E-state index contributed by atoms with van der Waals surface area (Å²) in [5.74, 6) is 1.12. The molecule has 1 saturated heterocycles.